The lowest BCUT2D eigenvalue weighted by molar-refractivity contribution is -0.139. The van der Waals surface area contributed by atoms with Crippen LogP contribution in [0.15, 0.2) is 0 Å². The molecule has 0 aliphatic heterocycles. The molecule has 16 heavy (non-hydrogen) atoms. The van der Waals surface area contributed by atoms with Gasteiger partial charge in [0.1, 0.15) is 12.1 Å². The van der Waals surface area contributed by atoms with E-state index in [4.69, 9.17) is 15.9 Å². The van der Waals surface area contributed by atoms with Crippen LogP contribution in [0.2, 0.25) is 0 Å². The molecule has 0 aromatic rings. The standard InChI is InChI=1S/C8H15N3O5/c1-4(6(9)13)10-8(16)11-5(2-3-12)7(14)15/h4-5,12H,2-3H2,1H3,(H2,9,13)(H,14,15)(H2,10,11,16)/t4?,5-/m0/s1. The summed E-state index contributed by atoms with van der Waals surface area (Å²) in [4.78, 5) is 32.4. The van der Waals surface area contributed by atoms with E-state index in [0.29, 0.717) is 0 Å². The number of rotatable bonds is 6. The van der Waals surface area contributed by atoms with Gasteiger partial charge in [0.2, 0.25) is 5.91 Å². The maximum absolute atomic E-state index is 11.2. The number of hydrogen-bond donors (Lipinski definition) is 5. The highest BCUT2D eigenvalue weighted by atomic mass is 16.4. The topological polar surface area (TPSA) is 142 Å². The van der Waals surface area contributed by atoms with Crippen LogP contribution in [0.5, 0.6) is 0 Å². The van der Waals surface area contributed by atoms with Crippen LogP contribution in [0, 0.1) is 0 Å². The third kappa shape index (κ3) is 5.15. The summed E-state index contributed by atoms with van der Waals surface area (Å²) in [5.41, 5.74) is 4.90. The van der Waals surface area contributed by atoms with Crippen LogP contribution in [-0.4, -0.2) is 46.8 Å². The Hall–Kier alpha value is -1.83. The van der Waals surface area contributed by atoms with Gasteiger partial charge in [0.15, 0.2) is 0 Å². The Morgan fingerprint density at radius 1 is 1.31 bits per heavy atom. The molecule has 0 heterocycles. The van der Waals surface area contributed by atoms with E-state index in [0.717, 1.165) is 0 Å². The highest BCUT2D eigenvalue weighted by Gasteiger charge is 2.20. The van der Waals surface area contributed by atoms with Crippen LogP contribution in [0.1, 0.15) is 13.3 Å². The van der Waals surface area contributed by atoms with Crippen LogP contribution >= 0.6 is 0 Å². The molecule has 92 valence electrons. The van der Waals surface area contributed by atoms with Gasteiger partial charge in [-0.2, -0.15) is 0 Å². The minimum Gasteiger partial charge on any atom is -0.480 e. The van der Waals surface area contributed by atoms with Gasteiger partial charge in [-0.1, -0.05) is 0 Å². The number of nitrogens with two attached hydrogens (primary N) is 1. The SMILES string of the molecule is CC(NC(=O)N[C@@H](CCO)C(=O)O)C(N)=O. The fourth-order valence-corrected chi connectivity index (χ4v) is 0.854. The number of carbonyl (C=O) groups excluding carboxylic acids is 2. The molecule has 8 heteroatoms. The van der Waals surface area contributed by atoms with Crippen molar-refractivity contribution in [1.29, 1.82) is 0 Å². The van der Waals surface area contributed by atoms with Crippen molar-refractivity contribution in [2.24, 2.45) is 5.73 Å². The zero-order valence-corrected chi connectivity index (χ0v) is 8.77. The number of aliphatic hydroxyl groups is 1. The van der Waals surface area contributed by atoms with Crippen molar-refractivity contribution in [1.82, 2.24) is 10.6 Å². The molecule has 0 spiro atoms. The van der Waals surface area contributed by atoms with E-state index in [1.54, 1.807) is 0 Å². The van der Waals surface area contributed by atoms with E-state index >= 15 is 0 Å². The van der Waals surface area contributed by atoms with Crippen molar-refractivity contribution in [2.75, 3.05) is 6.61 Å². The molecule has 8 nitrogen and oxygen atoms in total. The molecular formula is C8H15N3O5. The Morgan fingerprint density at radius 3 is 2.25 bits per heavy atom. The van der Waals surface area contributed by atoms with E-state index in [9.17, 15) is 14.4 Å². The number of carboxylic acids is 1. The number of primary amides is 1. The average Bonchev–Trinajstić information content (AvgIpc) is 2.16. The van der Waals surface area contributed by atoms with Crippen LogP contribution in [0.3, 0.4) is 0 Å². The number of hydrogen-bond acceptors (Lipinski definition) is 4. The van der Waals surface area contributed by atoms with Crippen LogP contribution in [0.4, 0.5) is 4.79 Å². The first-order valence-corrected chi connectivity index (χ1v) is 4.58. The minimum atomic E-state index is -1.27. The zero-order valence-electron chi connectivity index (χ0n) is 8.77. The van der Waals surface area contributed by atoms with Gasteiger partial charge in [-0.25, -0.2) is 9.59 Å². The highest BCUT2D eigenvalue weighted by Crippen LogP contribution is 1.91. The lowest BCUT2D eigenvalue weighted by Crippen LogP contribution is -2.51. The van der Waals surface area contributed by atoms with Crippen LogP contribution in [0.25, 0.3) is 0 Å². The number of urea groups is 1. The number of aliphatic carboxylic acids is 1. The predicted octanol–water partition coefficient (Wildman–Crippen LogP) is -2.00. The van der Waals surface area contributed by atoms with Gasteiger partial charge in [-0.3, -0.25) is 4.79 Å². The van der Waals surface area contributed by atoms with E-state index in [2.05, 4.69) is 10.6 Å². The molecule has 0 saturated heterocycles. The molecule has 0 aliphatic rings. The number of nitrogens with one attached hydrogen (secondary N) is 2. The molecule has 0 aromatic heterocycles. The van der Waals surface area contributed by atoms with Gasteiger partial charge in [-0.05, 0) is 6.92 Å². The summed E-state index contributed by atoms with van der Waals surface area (Å²) in [7, 11) is 0. The molecule has 3 amide bonds. The monoisotopic (exact) mass is 233 g/mol. The Kier molecular flexibility index (Phi) is 5.86. The molecule has 0 aliphatic carbocycles. The Balaban J connectivity index is 4.19. The molecule has 2 atom stereocenters. The summed E-state index contributed by atoms with van der Waals surface area (Å²) >= 11 is 0. The molecule has 0 radical (unpaired) electrons. The Bertz CT molecular complexity index is 281. The van der Waals surface area contributed by atoms with Crippen LogP contribution in [-0.2, 0) is 9.59 Å². The van der Waals surface area contributed by atoms with Crippen LogP contribution < -0.4 is 16.4 Å². The fourth-order valence-electron chi connectivity index (χ4n) is 0.854. The summed E-state index contributed by atoms with van der Waals surface area (Å²) in [5.74, 6) is -2.00. The minimum absolute atomic E-state index is 0.117. The average molecular weight is 233 g/mol. The number of aliphatic hydroxyl groups excluding tert-OH is 1. The van der Waals surface area contributed by atoms with E-state index < -0.39 is 30.0 Å². The first-order chi connectivity index (χ1) is 7.38. The third-order valence-corrected chi connectivity index (χ3v) is 1.80. The lowest BCUT2D eigenvalue weighted by atomic mass is 10.2. The second kappa shape index (κ2) is 6.62. The fraction of sp³-hybridized carbons (Fsp3) is 0.625. The van der Waals surface area contributed by atoms with Gasteiger partial charge < -0.3 is 26.6 Å². The van der Waals surface area contributed by atoms with Gasteiger partial charge in [0, 0.05) is 13.0 Å². The molecular weight excluding hydrogens is 218 g/mol. The number of carboxylic acid groups (broad SMARTS) is 1. The quantitative estimate of drug-likeness (QED) is 0.360. The summed E-state index contributed by atoms with van der Waals surface area (Å²) in [6.45, 7) is 0.992. The van der Waals surface area contributed by atoms with E-state index in [-0.39, 0.29) is 13.0 Å². The summed E-state index contributed by atoms with van der Waals surface area (Å²) in [6.07, 6.45) is -0.117. The normalized spacial score (nSPS) is 13.6. The lowest BCUT2D eigenvalue weighted by Gasteiger charge is -2.15. The second-order valence-electron chi connectivity index (χ2n) is 3.14. The van der Waals surface area contributed by atoms with E-state index in [1.165, 1.54) is 6.92 Å². The van der Waals surface area contributed by atoms with Crippen molar-refractivity contribution in [3.63, 3.8) is 0 Å². The summed E-state index contributed by atoms with van der Waals surface area (Å²) < 4.78 is 0. The van der Waals surface area contributed by atoms with Gasteiger partial charge in [-0.15, -0.1) is 0 Å². The van der Waals surface area contributed by atoms with E-state index in [1.807, 2.05) is 0 Å². The Labute approximate surface area is 91.8 Å². The zero-order chi connectivity index (χ0) is 12.7. The van der Waals surface area contributed by atoms with Crippen molar-refractivity contribution >= 4 is 17.9 Å². The van der Waals surface area contributed by atoms with Gasteiger partial charge in [0.05, 0.1) is 0 Å². The predicted molar refractivity (Wildman–Crippen MR) is 53.5 cm³/mol. The highest BCUT2D eigenvalue weighted by molar-refractivity contribution is 5.87. The van der Waals surface area contributed by atoms with Crippen molar-refractivity contribution in [3.05, 3.63) is 0 Å². The smallest absolute Gasteiger partial charge is 0.326 e. The summed E-state index contributed by atoms with van der Waals surface area (Å²) in [5, 5.41) is 21.5. The first kappa shape index (κ1) is 14.2. The molecule has 0 fully saturated rings. The van der Waals surface area contributed by atoms with Gasteiger partial charge in [0.25, 0.3) is 0 Å². The second-order valence-corrected chi connectivity index (χ2v) is 3.14. The van der Waals surface area contributed by atoms with Gasteiger partial charge >= 0.3 is 12.0 Å². The molecule has 0 rings (SSSR count). The number of carbonyl (C=O) groups is 3. The molecule has 1 unspecified atom stereocenters. The maximum atomic E-state index is 11.2. The largest absolute Gasteiger partial charge is 0.480 e. The van der Waals surface area contributed by atoms with Crippen molar-refractivity contribution < 1.29 is 24.6 Å². The molecule has 0 saturated carbocycles. The number of amides is 3. The third-order valence-electron chi connectivity index (χ3n) is 1.80. The van der Waals surface area contributed by atoms with Crippen molar-refractivity contribution in [3.8, 4) is 0 Å². The molecule has 0 aromatic carbocycles. The molecule has 6 N–H and O–H groups in total. The first-order valence-electron chi connectivity index (χ1n) is 4.58. The molecule has 0 bridgehead atoms. The summed E-state index contributed by atoms with van der Waals surface area (Å²) in [6, 6.07) is -2.93. The maximum Gasteiger partial charge on any atom is 0.326 e. The van der Waals surface area contributed by atoms with Crippen molar-refractivity contribution in [2.45, 2.75) is 25.4 Å². The Morgan fingerprint density at radius 2 is 1.88 bits per heavy atom.